The van der Waals surface area contributed by atoms with Gasteiger partial charge in [0.1, 0.15) is 18.4 Å². The average Bonchev–Trinajstić information content (AvgIpc) is 3.45. The lowest BCUT2D eigenvalue weighted by atomic mass is 10.1. The van der Waals surface area contributed by atoms with E-state index in [4.69, 9.17) is 11.6 Å². The first kappa shape index (κ1) is 28.6. The van der Waals surface area contributed by atoms with Crippen molar-refractivity contribution in [3.8, 4) is 0 Å². The van der Waals surface area contributed by atoms with Crippen molar-refractivity contribution >= 4 is 39.1 Å². The number of para-hydroxylation sites is 1. The van der Waals surface area contributed by atoms with Crippen LogP contribution < -0.4 is 9.62 Å². The van der Waals surface area contributed by atoms with Crippen LogP contribution in [-0.2, 0) is 26.2 Å². The van der Waals surface area contributed by atoms with Crippen LogP contribution in [0.3, 0.4) is 0 Å². The van der Waals surface area contributed by atoms with Crippen LogP contribution in [-0.4, -0.2) is 43.8 Å². The van der Waals surface area contributed by atoms with Gasteiger partial charge in [0.25, 0.3) is 10.0 Å². The van der Waals surface area contributed by atoms with Crippen LogP contribution in [0, 0.1) is 5.82 Å². The molecular weight excluding hydrogens is 541 g/mol. The summed E-state index contributed by atoms with van der Waals surface area (Å²) in [6.45, 7) is 1.00. The van der Waals surface area contributed by atoms with Gasteiger partial charge in [0, 0.05) is 12.6 Å². The first-order valence-electron chi connectivity index (χ1n) is 12.8. The highest BCUT2D eigenvalue weighted by atomic mass is 35.5. The van der Waals surface area contributed by atoms with E-state index in [9.17, 15) is 22.4 Å². The second-order valence-corrected chi connectivity index (χ2v) is 11.9. The minimum atomic E-state index is -4.20. The molecule has 206 valence electrons. The summed E-state index contributed by atoms with van der Waals surface area (Å²) in [6.07, 6.45) is 3.81. The number of amides is 2. The zero-order chi connectivity index (χ0) is 28.0. The number of hydrogen-bond donors (Lipinski definition) is 1. The Labute approximate surface area is 233 Å². The number of rotatable bonds is 10. The van der Waals surface area contributed by atoms with Crippen molar-refractivity contribution in [2.45, 2.75) is 56.1 Å². The number of benzene rings is 3. The van der Waals surface area contributed by atoms with Gasteiger partial charge in [-0.1, -0.05) is 66.9 Å². The van der Waals surface area contributed by atoms with Gasteiger partial charge in [-0.2, -0.15) is 0 Å². The molecule has 1 N–H and O–H groups in total. The second-order valence-electron chi connectivity index (χ2n) is 9.59. The zero-order valence-electron chi connectivity index (χ0n) is 21.6. The van der Waals surface area contributed by atoms with E-state index in [0.29, 0.717) is 5.56 Å². The lowest BCUT2D eigenvalue weighted by molar-refractivity contribution is -0.139. The van der Waals surface area contributed by atoms with Crippen LogP contribution in [0.25, 0.3) is 0 Å². The highest BCUT2D eigenvalue weighted by molar-refractivity contribution is 7.92. The van der Waals surface area contributed by atoms with E-state index < -0.39 is 34.3 Å². The maximum atomic E-state index is 13.9. The fourth-order valence-electron chi connectivity index (χ4n) is 4.65. The molecular formula is C29H31ClFN3O4S. The summed E-state index contributed by atoms with van der Waals surface area (Å²) in [7, 11) is -4.20. The van der Waals surface area contributed by atoms with Gasteiger partial charge < -0.3 is 10.2 Å². The molecule has 0 aliphatic heterocycles. The molecule has 4 rings (SSSR count). The Morgan fingerprint density at radius 2 is 1.59 bits per heavy atom. The van der Waals surface area contributed by atoms with E-state index in [1.54, 1.807) is 43.3 Å². The molecule has 0 heterocycles. The molecule has 3 aromatic carbocycles. The van der Waals surface area contributed by atoms with Crippen LogP contribution >= 0.6 is 11.6 Å². The van der Waals surface area contributed by atoms with Crippen molar-refractivity contribution in [2.24, 2.45) is 0 Å². The summed E-state index contributed by atoms with van der Waals surface area (Å²) in [6, 6.07) is 18.9. The summed E-state index contributed by atoms with van der Waals surface area (Å²) in [4.78, 5) is 28.4. The van der Waals surface area contributed by atoms with Crippen molar-refractivity contribution in [1.29, 1.82) is 0 Å². The number of sulfonamides is 1. The van der Waals surface area contributed by atoms with Crippen LogP contribution in [0.4, 0.5) is 10.1 Å². The Hall–Kier alpha value is -3.43. The molecule has 1 saturated carbocycles. The topological polar surface area (TPSA) is 86.8 Å². The predicted octanol–water partition coefficient (Wildman–Crippen LogP) is 5.15. The molecule has 0 saturated heterocycles. The molecule has 0 spiro atoms. The van der Waals surface area contributed by atoms with E-state index in [2.05, 4.69) is 5.32 Å². The molecule has 7 nitrogen and oxygen atoms in total. The molecule has 1 unspecified atom stereocenters. The highest BCUT2D eigenvalue weighted by Gasteiger charge is 2.34. The van der Waals surface area contributed by atoms with Gasteiger partial charge in [-0.3, -0.25) is 13.9 Å². The van der Waals surface area contributed by atoms with Gasteiger partial charge in [-0.05, 0) is 61.7 Å². The number of nitrogens with zero attached hydrogens (tertiary/aromatic N) is 2. The summed E-state index contributed by atoms with van der Waals surface area (Å²) in [5.74, 6) is -1.36. The lowest BCUT2D eigenvalue weighted by Crippen LogP contribution is -2.52. The standard InChI is InChI=1S/C29H31ClFN3O4S/c1-21(29(36)32-24-9-5-6-10-24)33(19-22-15-17-23(31)18-16-22)28(35)20-34(27-14-8-7-13-26(27)30)39(37,38)25-11-3-2-4-12-25/h2-4,7-8,11-18,21,24H,5-6,9-10,19-20H2,1H3,(H,32,36). The van der Waals surface area contributed by atoms with Crippen molar-refractivity contribution in [2.75, 3.05) is 10.8 Å². The van der Waals surface area contributed by atoms with E-state index >= 15 is 0 Å². The van der Waals surface area contributed by atoms with E-state index in [-0.39, 0.29) is 34.1 Å². The Bertz CT molecular complexity index is 1400. The van der Waals surface area contributed by atoms with Crippen molar-refractivity contribution in [3.63, 3.8) is 0 Å². The van der Waals surface area contributed by atoms with Gasteiger partial charge in [0.2, 0.25) is 11.8 Å². The van der Waals surface area contributed by atoms with E-state index in [0.717, 1.165) is 30.0 Å². The fourth-order valence-corrected chi connectivity index (χ4v) is 6.39. The van der Waals surface area contributed by atoms with E-state index in [1.807, 2.05) is 0 Å². The van der Waals surface area contributed by atoms with Crippen LogP contribution in [0.2, 0.25) is 5.02 Å². The maximum absolute atomic E-state index is 13.9. The Kier molecular flexibility index (Phi) is 9.24. The molecule has 39 heavy (non-hydrogen) atoms. The molecule has 0 aromatic heterocycles. The molecule has 0 radical (unpaired) electrons. The molecule has 1 fully saturated rings. The molecule has 1 aliphatic rings. The quantitative estimate of drug-likeness (QED) is 0.365. The average molecular weight is 572 g/mol. The van der Waals surface area contributed by atoms with E-state index in [1.165, 1.54) is 47.4 Å². The molecule has 3 aromatic rings. The van der Waals surface area contributed by atoms with Crippen LogP contribution in [0.5, 0.6) is 0 Å². The zero-order valence-corrected chi connectivity index (χ0v) is 23.2. The maximum Gasteiger partial charge on any atom is 0.264 e. The second kappa shape index (κ2) is 12.6. The molecule has 10 heteroatoms. The third-order valence-corrected chi connectivity index (χ3v) is 8.96. The molecule has 1 aliphatic carbocycles. The molecule has 0 bridgehead atoms. The summed E-state index contributed by atoms with van der Waals surface area (Å²) < 4.78 is 42.0. The fraction of sp³-hybridized carbons (Fsp3) is 0.310. The summed E-state index contributed by atoms with van der Waals surface area (Å²) in [5, 5.41) is 3.17. The number of hydrogen-bond acceptors (Lipinski definition) is 4. The number of halogens is 2. The summed E-state index contributed by atoms with van der Waals surface area (Å²) >= 11 is 6.40. The minimum absolute atomic E-state index is 0.00479. The van der Waals surface area contributed by atoms with Crippen LogP contribution in [0.15, 0.2) is 83.8 Å². The SMILES string of the molecule is CC(C(=O)NC1CCCC1)N(Cc1ccc(F)cc1)C(=O)CN(c1ccccc1Cl)S(=O)(=O)c1ccccc1. The molecule has 2 amide bonds. The number of carbonyl (C=O) groups is 2. The third kappa shape index (κ3) is 6.96. The number of carbonyl (C=O) groups excluding carboxylic acids is 2. The summed E-state index contributed by atoms with van der Waals surface area (Å²) in [5.41, 5.74) is 0.738. The van der Waals surface area contributed by atoms with Crippen LogP contribution in [0.1, 0.15) is 38.2 Å². The number of nitrogens with one attached hydrogen (secondary N) is 1. The third-order valence-electron chi connectivity index (χ3n) is 6.87. The Morgan fingerprint density at radius 3 is 2.23 bits per heavy atom. The highest BCUT2D eigenvalue weighted by Crippen LogP contribution is 2.30. The number of anilines is 1. The van der Waals surface area contributed by atoms with Gasteiger partial charge >= 0.3 is 0 Å². The van der Waals surface area contributed by atoms with Gasteiger partial charge in [-0.15, -0.1) is 0 Å². The minimum Gasteiger partial charge on any atom is -0.352 e. The van der Waals surface area contributed by atoms with Crippen molar-refractivity contribution in [3.05, 3.63) is 95.3 Å². The first-order valence-corrected chi connectivity index (χ1v) is 14.6. The van der Waals surface area contributed by atoms with Gasteiger partial charge in [0.05, 0.1) is 15.6 Å². The molecule has 1 atom stereocenters. The Balaban J connectivity index is 1.68. The Morgan fingerprint density at radius 1 is 0.974 bits per heavy atom. The largest absolute Gasteiger partial charge is 0.352 e. The smallest absolute Gasteiger partial charge is 0.264 e. The van der Waals surface area contributed by atoms with Crippen molar-refractivity contribution in [1.82, 2.24) is 10.2 Å². The van der Waals surface area contributed by atoms with Gasteiger partial charge in [-0.25, -0.2) is 12.8 Å². The van der Waals surface area contributed by atoms with Gasteiger partial charge in [0.15, 0.2) is 0 Å². The predicted molar refractivity (Wildman–Crippen MR) is 149 cm³/mol. The first-order chi connectivity index (χ1) is 18.7. The monoisotopic (exact) mass is 571 g/mol. The van der Waals surface area contributed by atoms with Crippen molar-refractivity contribution < 1.29 is 22.4 Å². The lowest BCUT2D eigenvalue weighted by Gasteiger charge is -2.32. The normalized spacial score (nSPS) is 14.5.